The van der Waals surface area contributed by atoms with Crippen LogP contribution in [-0.4, -0.2) is 15.0 Å². The van der Waals surface area contributed by atoms with Crippen LogP contribution in [0.25, 0.3) is 77.3 Å². The van der Waals surface area contributed by atoms with Crippen LogP contribution in [0.2, 0.25) is 0 Å². The first kappa shape index (κ1) is 39.0. The molecule has 3 nitrogen and oxygen atoms in total. The van der Waals surface area contributed by atoms with Gasteiger partial charge in [0.05, 0.1) is 22.2 Å². The highest BCUT2D eigenvalue weighted by molar-refractivity contribution is 6.02. The lowest BCUT2D eigenvalue weighted by Crippen LogP contribution is -2.20. The Morgan fingerprint density at radius 2 is 1.13 bits per heavy atom. The Kier molecular flexibility index (Phi) is 9.75. The molecule has 0 aliphatic carbocycles. The Morgan fingerprint density at radius 3 is 1.85 bits per heavy atom. The van der Waals surface area contributed by atoms with E-state index in [9.17, 15) is 0 Å². The van der Waals surface area contributed by atoms with Gasteiger partial charge >= 0.3 is 0 Å². The van der Waals surface area contributed by atoms with Crippen LogP contribution in [0.5, 0.6) is 0 Å². The van der Waals surface area contributed by atoms with Crippen molar-refractivity contribution in [3.8, 4) is 44.6 Å². The highest BCUT2D eigenvalue weighted by atomic mass is 14.7. The number of nitrogens with zero attached hydrogens (tertiary/aromatic N) is 3. The summed E-state index contributed by atoms with van der Waals surface area (Å²) in [7, 11) is 0. The molecule has 0 N–H and O–H groups in total. The van der Waals surface area contributed by atoms with Crippen LogP contribution in [-0.2, 0) is 22.7 Å². The van der Waals surface area contributed by atoms with E-state index in [1.165, 1.54) is 38.6 Å². The number of rotatable bonds is 7. The van der Waals surface area contributed by atoms with Gasteiger partial charge in [0.25, 0.3) is 0 Å². The Balaban J connectivity index is 1.04. The zero-order chi connectivity index (χ0) is 41.8. The maximum Gasteiger partial charge on any atom is 0.0786 e. The molecular weight excluding hydrogens is 727 g/mol. The van der Waals surface area contributed by atoms with E-state index in [1.54, 1.807) is 0 Å². The van der Waals surface area contributed by atoms with Crippen LogP contribution in [0.15, 0.2) is 164 Å². The molecule has 9 rings (SSSR count). The molecule has 0 saturated heterocycles. The molecule has 0 atom stereocenters. The van der Waals surface area contributed by atoms with Crippen LogP contribution in [0.1, 0.15) is 77.8 Å². The first-order valence-corrected chi connectivity index (χ1v) is 21.2. The van der Waals surface area contributed by atoms with Gasteiger partial charge < -0.3 is 0 Å². The van der Waals surface area contributed by atoms with E-state index < -0.39 is 0 Å². The van der Waals surface area contributed by atoms with Crippen molar-refractivity contribution < 1.29 is 0 Å². The molecule has 0 radical (unpaired) electrons. The summed E-state index contributed by atoms with van der Waals surface area (Å²) in [5.41, 5.74) is 17.1. The highest BCUT2D eigenvalue weighted by Crippen LogP contribution is 2.41. The summed E-state index contributed by atoms with van der Waals surface area (Å²) < 4.78 is 0. The predicted octanol–water partition coefficient (Wildman–Crippen LogP) is 15.1. The lowest BCUT2D eigenvalue weighted by atomic mass is 9.78. The topological polar surface area (TPSA) is 38.7 Å². The number of benzene rings is 6. The van der Waals surface area contributed by atoms with Crippen molar-refractivity contribution in [2.75, 3.05) is 0 Å². The molecule has 0 amide bonds. The summed E-state index contributed by atoms with van der Waals surface area (Å²) in [4.78, 5) is 15.2. The van der Waals surface area contributed by atoms with Crippen molar-refractivity contribution in [3.05, 3.63) is 186 Å². The van der Waals surface area contributed by atoms with Crippen molar-refractivity contribution in [2.24, 2.45) is 0 Å². The number of pyridine rings is 3. The van der Waals surface area contributed by atoms with Gasteiger partial charge in [-0.25, -0.2) is 4.98 Å². The maximum atomic E-state index is 5.17. The summed E-state index contributed by atoms with van der Waals surface area (Å²) in [5.74, 6) is 0. The zero-order valence-corrected chi connectivity index (χ0v) is 36.1. The SMILES string of the molecule is CC(C)(C)c1cc(-c2ccc(CC(C)(C)c3ccc(-c4c(-c5cccc(-c6cc(C(C)(C)C)c7ccccc7n6)c5)ccc5cccnc45)cc3)cc2)c2ccccc2n1. The quantitative estimate of drug-likeness (QED) is 0.162. The normalized spacial score (nSPS) is 12.4. The van der Waals surface area contributed by atoms with Crippen LogP contribution < -0.4 is 0 Å². The fraction of sp³-hybridized carbons (Fsp3) is 0.211. The van der Waals surface area contributed by atoms with Gasteiger partial charge in [-0.05, 0) is 98.2 Å². The second-order valence-corrected chi connectivity index (χ2v) is 19.1. The van der Waals surface area contributed by atoms with E-state index >= 15 is 0 Å². The van der Waals surface area contributed by atoms with Crippen LogP contribution >= 0.6 is 0 Å². The third kappa shape index (κ3) is 7.50. The first-order valence-electron chi connectivity index (χ1n) is 21.2. The van der Waals surface area contributed by atoms with E-state index in [2.05, 4.69) is 207 Å². The molecule has 0 aliphatic rings. The molecule has 60 heavy (non-hydrogen) atoms. The van der Waals surface area contributed by atoms with Crippen LogP contribution in [0.4, 0.5) is 0 Å². The van der Waals surface area contributed by atoms with Crippen LogP contribution in [0, 0.1) is 0 Å². The average molecular weight is 780 g/mol. The van der Waals surface area contributed by atoms with E-state index in [0.29, 0.717) is 0 Å². The molecule has 296 valence electrons. The number of fused-ring (bicyclic) bond motifs is 3. The molecule has 3 heteroatoms. The average Bonchev–Trinajstić information content (AvgIpc) is 3.25. The lowest BCUT2D eigenvalue weighted by Gasteiger charge is -2.26. The van der Waals surface area contributed by atoms with Gasteiger partial charge in [0.1, 0.15) is 0 Å². The monoisotopic (exact) mass is 779 g/mol. The number of hydrogen-bond donors (Lipinski definition) is 0. The second kappa shape index (κ2) is 15.0. The van der Waals surface area contributed by atoms with Crippen molar-refractivity contribution in [3.63, 3.8) is 0 Å². The molecule has 0 fully saturated rings. The van der Waals surface area contributed by atoms with Gasteiger partial charge in [0.2, 0.25) is 0 Å². The third-order valence-electron chi connectivity index (χ3n) is 12.1. The highest BCUT2D eigenvalue weighted by Gasteiger charge is 2.24. The molecule has 0 saturated carbocycles. The second-order valence-electron chi connectivity index (χ2n) is 19.1. The van der Waals surface area contributed by atoms with Crippen molar-refractivity contribution >= 4 is 32.7 Å². The van der Waals surface area contributed by atoms with Gasteiger partial charge in [-0.1, -0.05) is 177 Å². The molecule has 0 bridgehead atoms. The Hall–Kier alpha value is -6.45. The maximum absolute atomic E-state index is 5.17. The van der Waals surface area contributed by atoms with Crippen LogP contribution in [0.3, 0.4) is 0 Å². The fourth-order valence-electron chi connectivity index (χ4n) is 8.77. The standard InChI is InChI=1S/C57H53N3/c1-55(2,3)48-35-51(59-50-21-12-10-19-46(48)50)42-16-13-15-41(33-42)44-31-28-40-17-14-32-58-54(40)53(44)39-26-29-43(30-27-39)57(7,8)36-37-22-24-38(25-23-37)47-34-52(56(4,5)6)60-49-20-11-9-18-45(47)49/h9-35H,36H2,1-8H3. The smallest absolute Gasteiger partial charge is 0.0786 e. The van der Waals surface area contributed by atoms with E-state index in [0.717, 1.165) is 67.6 Å². The molecule has 0 spiro atoms. The lowest BCUT2D eigenvalue weighted by molar-refractivity contribution is 0.522. The summed E-state index contributed by atoms with van der Waals surface area (Å²) in [6, 6.07) is 57.4. The molecule has 3 aromatic heterocycles. The van der Waals surface area contributed by atoms with Gasteiger partial charge in [-0.2, -0.15) is 0 Å². The number of para-hydroxylation sites is 2. The Labute approximate surface area is 355 Å². The molecule has 3 heterocycles. The van der Waals surface area contributed by atoms with Crippen molar-refractivity contribution in [1.29, 1.82) is 0 Å². The predicted molar refractivity (Wildman–Crippen MR) is 255 cm³/mol. The summed E-state index contributed by atoms with van der Waals surface area (Å²) in [5, 5.41) is 3.52. The zero-order valence-electron chi connectivity index (χ0n) is 36.1. The summed E-state index contributed by atoms with van der Waals surface area (Å²) in [6.45, 7) is 18.2. The minimum atomic E-state index is -0.0876. The van der Waals surface area contributed by atoms with Crippen molar-refractivity contribution in [2.45, 2.75) is 78.1 Å². The summed E-state index contributed by atoms with van der Waals surface area (Å²) in [6.07, 6.45) is 2.83. The molecule has 9 aromatic rings. The number of hydrogen-bond acceptors (Lipinski definition) is 3. The molecule has 0 aliphatic heterocycles. The van der Waals surface area contributed by atoms with E-state index in [1.807, 2.05) is 12.3 Å². The fourth-order valence-corrected chi connectivity index (χ4v) is 8.77. The first-order chi connectivity index (χ1) is 28.7. The van der Waals surface area contributed by atoms with Gasteiger partial charge in [-0.3, -0.25) is 9.97 Å². The minimum Gasteiger partial charge on any atom is -0.256 e. The molecule has 6 aromatic carbocycles. The van der Waals surface area contributed by atoms with Crippen molar-refractivity contribution in [1.82, 2.24) is 15.0 Å². The van der Waals surface area contributed by atoms with Gasteiger partial charge in [0.15, 0.2) is 0 Å². The van der Waals surface area contributed by atoms with E-state index in [-0.39, 0.29) is 16.2 Å². The molecular formula is C57H53N3. The number of aromatic nitrogens is 3. The largest absolute Gasteiger partial charge is 0.256 e. The van der Waals surface area contributed by atoms with E-state index in [4.69, 9.17) is 15.0 Å². The third-order valence-corrected chi connectivity index (χ3v) is 12.1. The van der Waals surface area contributed by atoms with Gasteiger partial charge in [0, 0.05) is 44.6 Å². The van der Waals surface area contributed by atoms with Gasteiger partial charge in [-0.15, -0.1) is 0 Å². The Morgan fingerprint density at radius 1 is 0.467 bits per heavy atom. The Bertz CT molecular complexity index is 3030. The molecule has 0 unspecified atom stereocenters. The summed E-state index contributed by atoms with van der Waals surface area (Å²) >= 11 is 0. The minimum absolute atomic E-state index is 0.0234.